The first kappa shape index (κ1) is 27.3. The van der Waals surface area contributed by atoms with Crippen LogP contribution in [-0.4, -0.2) is 33.5 Å². The molecule has 0 aliphatic rings. The van der Waals surface area contributed by atoms with Crippen molar-refractivity contribution in [1.82, 2.24) is 10.3 Å². The SMILES string of the molecule is CCC[C@H](NC(=O)C(CSCc1ccccc1)CSCc1ccccc1)C(O)c1nc2ccccc2o1. The molecule has 0 spiro atoms. The number of hydrogen-bond donors (Lipinski definition) is 2. The van der Waals surface area contributed by atoms with Crippen LogP contribution in [0.5, 0.6) is 0 Å². The number of oxazole rings is 1. The fraction of sp³-hybridized carbons (Fsp3) is 0.333. The third kappa shape index (κ3) is 8.12. The van der Waals surface area contributed by atoms with Crippen LogP contribution < -0.4 is 5.32 Å². The van der Waals surface area contributed by atoms with Gasteiger partial charge in [-0.15, -0.1) is 0 Å². The molecular weight excluding hydrogens is 500 g/mol. The largest absolute Gasteiger partial charge is 0.438 e. The number of nitrogens with one attached hydrogen (secondary N) is 1. The molecular formula is C30H34N2O3S2. The van der Waals surface area contributed by atoms with Gasteiger partial charge < -0.3 is 14.8 Å². The maximum absolute atomic E-state index is 13.5. The summed E-state index contributed by atoms with van der Waals surface area (Å²) < 4.78 is 5.81. The van der Waals surface area contributed by atoms with Gasteiger partial charge in [0.15, 0.2) is 11.7 Å². The third-order valence-electron chi connectivity index (χ3n) is 6.10. The first-order valence-electron chi connectivity index (χ1n) is 12.7. The molecule has 0 saturated carbocycles. The molecule has 0 bridgehead atoms. The van der Waals surface area contributed by atoms with Crippen molar-refractivity contribution in [2.75, 3.05) is 11.5 Å². The monoisotopic (exact) mass is 534 g/mol. The van der Waals surface area contributed by atoms with Crippen LogP contribution in [-0.2, 0) is 16.3 Å². The van der Waals surface area contributed by atoms with E-state index in [2.05, 4.69) is 34.6 Å². The van der Waals surface area contributed by atoms with E-state index in [0.29, 0.717) is 29.0 Å². The Labute approximate surface area is 227 Å². The fourth-order valence-corrected chi connectivity index (χ4v) is 6.44. The summed E-state index contributed by atoms with van der Waals surface area (Å²) in [5.41, 5.74) is 3.83. The first-order valence-corrected chi connectivity index (χ1v) is 15.0. The van der Waals surface area contributed by atoms with Crippen LogP contribution in [0.2, 0.25) is 0 Å². The van der Waals surface area contributed by atoms with Crippen molar-refractivity contribution >= 4 is 40.5 Å². The number of aliphatic hydroxyl groups excluding tert-OH is 1. The van der Waals surface area contributed by atoms with Crippen molar-refractivity contribution < 1.29 is 14.3 Å². The number of para-hydroxylation sites is 2. The number of hydrogen-bond acceptors (Lipinski definition) is 6. The van der Waals surface area contributed by atoms with Gasteiger partial charge in [-0.1, -0.05) is 86.1 Å². The van der Waals surface area contributed by atoms with Crippen molar-refractivity contribution in [2.24, 2.45) is 5.92 Å². The molecule has 0 saturated heterocycles. The number of amides is 1. The molecule has 5 nitrogen and oxygen atoms in total. The molecule has 2 atom stereocenters. The number of carbonyl (C=O) groups excluding carboxylic acids is 1. The Kier molecular flexibility index (Phi) is 10.5. The molecule has 194 valence electrons. The summed E-state index contributed by atoms with van der Waals surface area (Å²) in [5.74, 6) is 3.16. The van der Waals surface area contributed by atoms with E-state index in [4.69, 9.17) is 4.42 Å². The van der Waals surface area contributed by atoms with Crippen LogP contribution in [0.25, 0.3) is 11.1 Å². The summed E-state index contributed by atoms with van der Waals surface area (Å²) in [6.45, 7) is 2.04. The Bertz CT molecular complexity index is 1150. The number of nitrogens with zero attached hydrogens (tertiary/aromatic N) is 1. The Balaban J connectivity index is 1.41. The van der Waals surface area contributed by atoms with Crippen LogP contribution in [0.4, 0.5) is 0 Å². The Morgan fingerprint density at radius 1 is 0.892 bits per heavy atom. The van der Waals surface area contributed by atoms with Crippen molar-refractivity contribution in [3.05, 3.63) is 102 Å². The highest BCUT2D eigenvalue weighted by molar-refractivity contribution is 7.99. The molecule has 1 unspecified atom stereocenters. The number of thioether (sulfide) groups is 2. The van der Waals surface area contributed by atoms with Gasteiger partial charge in [0.2, 0.25) is 11.8 Å². The molecule has 1 heterocycles. The zero-order chi connectivity index (χ0) is 25.9. The zero-order valence-corrected chi connectivity index (χ0v) is 22.7. The number of benzene rings is 3. The second-order valence-electron chi connectivity index (χ2n) is 9.07. The molecule has 0 radical (unpaired) electrons. The van der Waals surface area contributed by atoms with Crippen LogP contribution >= 0.6 is 23.5 Å². The van der Waals surface area contributed by atoms with E-state index in [9.17, 15) is 9.90 Å². The number of rotatable bonds is 14. The number of carbonyl (C=O) groups is 1. The van der Waals surface area contributed by atoms with Crippen molar-refractivity contribution in [3.8, 4) is 0 Å². The summed E-state index contributed by atoms with van der Waals surface area (Å²) in [6.07, 6.45) is 0.441. The average molecular weight is 535 g/mol. The minimum atomic E-state index is -1.01. The Morgan fingerprint density at radius 3 is 2.03 bits per heavy atom. The lowest BCUT2D eigenvalue weighted by molar-refractivity contribution is -0.125. The van der Waals surface area contributed by atoms with E-state index in [1.54, 1.807) is 23.5 Å². The Hall–Kier alpha value is -2.74. The summed E-state index contributed by atoms with van der Waals surface area (Å²) in [5, 5.41) is 14.3. The minimum absolute atomic E-state index is 0.0327. The lowest BCUT2D eigenvalue weighted by Gasteiger charge is -2.25. The lowest BCUT2D eigenvalue weighted by atomic mass is 10.0. The second-order valence-corrected chi connectivity index (χ2v) is 11.1. The van der Waals surface area contributed by atoms with Gasteiger partial charge in [0.25, 0.3) is 0 Å². The summed E-state index contributed by atoms with van der Waals surface area (Å²) >= 11 is 3.54. The quantitative estimate of drug-likeness (QED) is 0.189. The maximum Gasteiger partial charge on any atom is 0.226 e. The average Bonchev–Trinajstić information content (AvgIpc) is 3.37. The summed E-state index contributed by atoms with van der Waals surface area (Å²) in [6, 6.07) is 27.6. The van der Waals surface area contributed by atoms with Gasteiger partial charge in [0, 0.05) is 23.0 Å². The fourth-order valence-electron chi connectivity index (χ4n) is 4.10. The van der Waals surface area contributed by atoms with E-state index in [1.807, 2.05) is 67.6 Å². The van der Waals surface area contributed by atoms with Crippen LogP contribution in [0.3, 0.4) is 0 Å². The molecule has 1 amide bonds. The molecule has 0 aliphatic carbocycles. The molecule has 0 aliphatic heterocycles. The van der Waals surface area contributed by atoms with Crippen LogP contribution in [0, 0.1) is 5.92 Å². The van der Waals surface area contributed by atoms with E-state index < -0.39 is 12.1 Å². The second kappa shape index (κ2) is 14.3. The Morgan fingerprint density at radius 2 is 1.46 bits per heavy atom. The predicted molar refractivity (Wildman–Crippen MR) is 155 cm³/mol. The van der Waals surface area contributed by atoms with Gasteiger partial charge in [0.05, 0.1) is 12.0 Å². The standard InChI is InChI=1S/C30H34N2O3S2/c1-2-11-26(28(33)30-32-25-16-9-10-17-27(25)35-30)31-29(34)24(20-36-18-22-12-5-3-6-13-22)21-37-19-23-14-7-4-8-15-23/h3-10,12-17,24,26,28,33H,2,11,18-21H2,1H3,(H,31,34)/t26-,28?/m0/s1. The van der Waals surface area contributed by atoms with Gasteiger partial charge in [0.1, 0.15) is 5.52 Å². The normalized spacial score (nSPS) is 13.1. The van der Waals surface area contributed by atoms with Crippen LogP contribution in [0.15, 0.2) is 89.3 Å². The van der Waals surface area contributed by atoms with E-state index >= 15 is 0 Å². The maximum atomic E-state index is 13.5. The number of aliphatic hydroxyl groups is 1. The summed E-state index contributed by atoms with van der Waals surface area (Å²) in [7, 11) is 0. The van der Waals surface area contributed by atoms with Crippen LogP contribution in [0.1, 0.15) is 42.9 Å². The topological polar surface area (TPSA) is 75.4 Å². The molecule has 2 N–H and O–H groups in total. The molecule has 4 aromatic rings. The molecule has 37 heavy (non-hydrogen) atoms. The van der Waals surface area contributed by atoms with Gasteiger partial charge in [-0.25, -0.2) is 4.98 Å². The van der Waals surface area contributed by atoms with Gasteiger partial charge in [-0.3, -0.25) is 4.79 Å². The van der Waals surface area contributed by atoms with Gasteiger partial charge in [-0.05, 0) is 29.7 Å². The van der Waals surface area contributed by atoms with Crippen molar-refractivity contribution in [2.45, 2.75) is 43.4 Å². The zero-order valence-electron chi connectivity index (χ0n) is 21.1. The minimum Gasteiger partial charge on any atom is -0.438 e. The third-order valence-corrected chi connectivity index (χ3v) is 8.45. The molecule has 1 aromatic heterocycles. The lowest BCUT2D eigenvalue weighted by Crippen LogP contribution is -2.43. The highest BCUT2D eigenvalue weighted by Gasteiger charge is 2.29. The van der Waals surface area contributed by atoms with E-state index in [-0.39, 0.29) is 17.7 Å². The number of aromatic nitrogens is 1. The van der Waals surface area contributed by atoms with Gasteiger partial charge >= 0.3 is 0 Å². The van der Waals surface area contributed by atoms with Crippen molar-refractivity contribution in [3.63, 3.8) is 0 Å². The van der Waals surface area contributed by atoms with Crippen molar-refractivity contribution in [1.29, 1.82) is 0 Å². The highest BCUT2D eigenvalue weighted by Crippen LogP contribution is 2.26. The summed E-state index contributed by atoms with van der Waals surface area (Å²) in [4.78, 5) is 18.0. The number of fused-ring (bicyclic) bond motifs is 1. The predicted octanol–water partition coefficient (Wildman–Crippen LogP) is 6.63. The molecule has 3 aromatic carbocycles. The molecule has 0 fully saturated rings. The highest BCUT2D eigenvalue weighted by atomic mass is 32.2. The molecule has 7 heteroatoms. The van der Waals surface area contributed by atoms with Gasteiger partial charge in [-0.2, -0.15) is 23.5 Å². The smallest absolute Gasteiger partial charge is 0.226 e. The molecule has 4 rings (SSSR count). The van der Waals surface area contributed by atoms with E-state index in [0.717, 1.165) is 17.9 Å². The first-order chi connectivity index (χ1) is 18.1. The van der Waals surface area contributed by atoms with E-state index in [1.165, 1.54) is 11.1 Å².